The second-order valence-corrected chi connectivity index (χ2v) is 11.6. The van der Waals surface area contributed by atoms with Crippen molar-refractivity contribution in [2.45, 2.75) is 58.0 Å². The van der Waals surface area contributed by atoms with Gasteiger partial charge in [0.1, 0.15) is 36.1 Å². The molecular formula is C31H32N2O6S. The Morgan fingerprint density at radius 2 is 1.75 bits per heavy atom. The van der Waals surface area contributed by atoms with E-state index in [2.05, 4.69) is 10.5 Å². The summed E-state index contributed by atoms with van der Waals surface area (Å²) in [6, 6.07) is 17.3. The van der Waals surface area contributed by atoms with E-state index in [4.69, 9.17) is 14.3 Å². The van der Waals surface area contributed by atoms with E-state index in [1.165, 1.54) is 0 Å². The van der Waals surface area contributed by atoms with E-state index in [-0.39, 0.29) is 23.5 Å². The zero-order valence-electron chi connectivity index (χ0n) is 22.9. The number of nitrogens with zero attached hydrogens (tertiary/aromatic N) is 1. The number of imide groups is 1. The Bertz CT molecular complexity index is 1470. The summed E-state index contributed by atoms with van der Waals surface area (Å²) in [7, 11) is 0. The van der Waals surface area contributed by atoms with Crippen LogP contribution >= 0.6 is 11.8 Å². The summed E-state index contributed by atoms with van der Waals surface area (Å²) in [5, 5.41) is 16.9. The molecule has 3 aromatic carbocycles. The molecule has 2 N–H and O–H groups in total. The normalized spacial score (nSPS) is 21.1. The van der Waals surface area contributed by atoms with E-state index in [9.17, 15) is 14.7 Å². The standard InChI is InChI=1S/C31H32N2O6S/c1-18-19(2)28-26(20(3)27(18)34)24(33-38-16-22-8-6-5-7-9-22)15-31(4,39-28)17-37-23-12-10-21(11-13-23)14-25-29(35)32-30(36)40-25/h5-13,25,34H,14-17H2,1-4H3,(H,32,35,36)/b33-24+. The van der Waals surface area contributed by atoms with Gasteiger partial charge in [0.05, 0.1) is 11.0 Å². The van der Waals surface area contributed by atoms with Crippen molar-refractivity contribution in [3.63, 3.8) is 0 Å². The van der Waals surface area contributed by atoms with Crippen molar-refractivity contribution in [2.75, 3.05) is 6.61 Å². The number of aromatic hydroxyl groups is 1. The van der Waals surface area contributed by atoms with Crippen molar-refractivity contribution in [3.8, 4) is 17.2 Å². The van der Waals surface area contributed by atoms with Gasteiger partial charge in [0.25, 0.3) is 5.24 Å². The molecule has 2 unspecified atom stereocenters. The first-order valence-corrected chi connectivity index (χ1v) is 14.0. The second kappa shape index (κ2) is 11.3. The minimum absolute atomic E-state index is 0.230. The highest BCUT2D eigenvalue weighted by Crippen LogP contribution is 2.43. The van der Waals surface area contributed by atoms with Crippen LogP contribution in [0.2, 0.25) is 0 Å². The number of carbonyl (C=O) groups excluding carboxylic acids is 2. The number of phenolic OH excluding ortho intramolecular Hbond substituents is 1. The molecule has 208 valence electrons. The number of hydrogen-bond acceptors (Lipinski definition) is 8. The minimum Gasteiger partial charge on any atom is -0.507 e. The number of rotatable bonds is 8. The molecule has 5 rings (SSSR count). The van der Waals surface area contributed by atoms with Crippen LogP contribution in [0, 0.1) is 20.8 Å². The van der Waals surface area contributed by atoms with Crippen LogP contribution in [0.25, 0.3) is 0 Å². The molecule has 2 heterocycles. The first kappa shape index (κ1) is 27.6. The predicted molar refractivity (Wildman–Crippen MR) is 154 cm³/mol. The van der Waals surface area contributed by atoms with Crippen molar-refractivity contribution >= 4 is 28.6 Å². The number of phenols is 1. The number of amides is 2. The van der Waals surface area contributed by atoms with Crippen LogP contribution in [0.1, 0.15) is 46.7 Å². The number of carbonyl (C=O) groups is 2. The smallest absolute Gasteiger partial charge is 0.286 e. The van der Waals surface area contributed by atoms with E-state index in [1.807, 2.05) is 82.3 Å². The van der Waals surface area contributed by atoms with Gasteiger partial charge in [0.2, 0.25) is 5.91 Å². The lowest BCUT2D eigenvalue weighted by atomic mass is 9.86. The zero-order chi connectivity index (χ0) is 28.4. The van der Waals surface area contributed by atoms with Gasteiger partial charge >= 0.3 is 0 Å². The molecule has 1 fully saturated rings. The summed E-state index contributed by atoms with van der Waals surface area (Å²) in [6.07, 6.45) is 0.880. The van der Waals surface area contributed by atoms with Crippen molar-refractivity contribution in [1.29, 1.82) is 0 Å². The van der Waals surface area contributed by atoms with E-state index in [0.29, 0.717) is 42.2 Å². The van der Waals surface area contributed by atoms with Crippen LogP contribution in [0.5, 0.6) is 17.2 Å². The Balaban J connectivity index is 1.33. The maximum atomic E-state index is 11.9. The molecule has 0 aliphatic carbocycles. The molecule has 0 radical (unpaired) electrons. The topological polar surface area (TPSA) is 106 Å². The lowest BCUT2D eigenvalue weighted by Crippen LogP contribution is -2.45. The average Bonchev–Trinajstić information content (AvgIpc) is 3.26. The van der Waals surface area contributed by atoms with Crippen molar-refractivity contribution in [3.05, 3.63) is 88.0 Å². The van der Waals surface area contributed by atoms with Gasteiger partial charge in [-0.25, -0.2) is 0 Å². The Labute approximate surface area is 237 Å². The predicted octanol–water partition coefficient (Wildman–Crippen LogP) is 5.75. The number of nitrogens with one attached hydrogen (secondary N) is 1. The third-order valence-corrected chi connectivity index (χ3v) is 8.28. The summed E-state index contributed by atoms with van der Waals surface area (Å²) in [4.78, 5) is 29.1. The molecular weight excluding hydrogens is 528 g/mol. The van der Waals surface area contributed by atoms with Gasteiger partial charge in [0.15, 0.2) is 0 Å². The van der Waals surface area contributed by atoms with Crippen LogP contribution in [0.4, 0.5) is 4.79 Å². The van der Waals surface area contributed by atoms with Crippen LogP contribution in [0.3, 0.4) is 0 Å². The van der Waals surface area contributed by atoms with Gasteiger partial charge < -0.3 is 19.4 Å². The zero-order valence-corrected chi connectivity index (χ0v) is 23.8. The number of thioether (sulfide) groups is 1. The lowest BCUT2D eigenvalue weighted by Gasteiger charge is -2.38. The van der Waals surface area contributed by atoms with E-state index < -0.39 is 10.9 Å². The van der Waals surface area contributed by atoms with Crippen LogP contribution < -0.4 is 14.8 Å². The molecule has 0 aromatic heterocycles. The lowest BCUT2D eigenvalue weighted by molar-refractivity contribution is -0.118. The molecule has 2 aliphatic heterocycles. The van der Waals surface area contributed by atoms with E-state index in [0.717, 1.165) is 39.6 Å². The molecule has 8 nitrogen and oxygen atoms in total. The summed E-state index contributed by atoms with van der Waals surface area (Å²) in [6.45, 7) is 8.21. The van der Waals surface area contributed by atoms with Crippen molar-refractivity contribution in [2.24, 2.45) is 5.16 Å². The van der Waals surface area contributed by atoms with Gasteiger partial charge in [-0.15, -0.1) is 0 Å². The summed E-state index contributed by atoms with van der Waals surface area (Å²) < 4.78 is 12.7. The fourth-order valence-corrected chi connectivity index (χ4v) is 5.78. The second-order valence-electron chi connectivity index (χ2n) is 10.5. The van der Waals surface area contributed by atoms with Gasteiger partial charge in [0, 0.05) is 17.5 Å². The maximum Gasteiger partial charge on any atom is 0.286 e. The number of ether oxygens (including phenoxy) is 2. The third-order valence-electron chi connectivity index (χ3n) is 7.30. The number of oxime groups is 1. The monoisotopic (exact) mass is 560 g/mol. The number of benzene rings is 3. The van der Waals surface area contributed by atoms with Crippen molar-refractivity contribution < 1.29 is 29.0 Å². The van der Waals surface area contributed by atoms with Gasteiger partial charge in [-0.3, -0.25) is 14.9 Å². The fourth-order valence-electron chi connectivity index (χ4n) is 4.92. The van der Waals surface area contributed by atoms with Gasteiger partial charge in [-0.2, -0.15) is 0 Å². The molecule has 2 amide bonds. The molecule has 2 atom stereocenters. The average molecular weight is 561 g/mol. The molecule has 1 saturated heterocycles. The molecule has 0 bridgehead atoms. The number of fused-ring (bicyclic) bond motifs is 1. The molecule has 9 heteroatoms. The summed E-state index contributed by atoms with van der Waals surface area (Å²) in [5.41, 5.74) is 4.95. The minimum atomic E-state index is -0.750. The Hall–Kier alpha value is -3.98. The molecule has 2 aliphatic rings. The van der Waals surface area contributed by atoms with Crippen molar-refractivity contribution in [1.82, 2.24) is 5.32 Å². The van der Waals surface area contributed by atoms with Gasteiger partial charge in [-0.05, 0) is 68.5 Å². The summed E-state index contributed by atoms with van der Waals surface area (Å²) in [5.74, 6) is 1.31. The van der Waals surface area contributed by atoms with E-state index in [1.54, 1.807) is 0 Å². The first-order chi connectivity index (χ1) is 19.1. The highest BCUT2D eigenvalue weighted by atomic mass is 32.2. The first-order valence-electron chi connectivity index (χ1n) is 13.1. The fraction of sp³-hybridized carbons (Fsp3) is 0.323. The Kier molecular flexibility index (Phi) is 7.76. The van der Waals surface area contributed by atoms with E-state index >= 15 is 0 Å². The van der Waals surface area contributed by atoms with Crippen LogP contribution in [0.15, 0.2) is 59.8 Å². The molecule has 40 heavy (non-hydrogen) atoms. The number of hydrogen-bond donors (Lipinski definition) is 2. The highest BCUT2D eigenvalue weighted by Gasteiger charge is 2.40. The largest absolute Gasteiger partial charge is 0.507 e. The molecule has 0 saturated carbocycles. The Morgan fingerprint density at radius 3 is 2.42 bits per heavy atom. The maximum absolute atomic E-state index is 11.9. The molecule has 3 aromatic rings. The third kappa shape index (κ3) is 5.79. The molecule has 0 spiro atoms. The Morgan fingerprint density at radius 1 is 1.02 bits per heavy atom. The summed E-state index contributed by atoms with van der Waals surface area (Å²) >= 11 is 1.02. The highest BCUT2D eigenvalue weighted by molar-refractivity contribution is 8.15. The van der Waals surface area contributed by atoms with Crippen LogP contribution in [-0.4, -0.2) is 39.4 Å². The SMILES string of the molecule is Cc1c(C)c2c(c(C)c1O)/C(=N/OCc1ccccc1)CC(C)(COc1ccc(CC3SC(=O)NC3=O)cc1)O2. The van der Waals surface area contributed by atoms with Gasteiger partial charge in [-0.1, -0.05) is 59.4 Å². The quantitative estimate of drug-likeness (QED) is 0.338. The van der Waals surface area contributed by atoms with Crippen LogP contribution in [-0.2, 0) is 22.7 Å².